The second kappa shape index (κ2) is 9.29. The molecule has 1 aromatic carbocycles. The average Bonchev–Trinajstić information content (AvgIpc) is 3.03. The molecule has 3 amide bonds. The van der Waals surface area contributed by atoms with Gasteiger partial charge in [0.2, 0.25) is 5.75 Å². The Morgan fingerprint density at radius 1 is 1.16 bits per heavy atom. The number of Topliss-reactive ketones (excluding diaryl/α,β-unsaturated/α-hetero) is 1. The van der Waals surface area contributed by atoms with Crippen molar-refractivity contribution < 1.29 is 28.8 Å². The minimum absolute atomic E-state index is 0.0356. The van der Waals surface area contributed by atoms with E-state index in [-0.39, 0.29) is 40.9 Å². The van der Waals surface area contributed by atoms with Crippen molar-refractivity contribution in [1.29, 1.82) is 0 Å². The van der Waals surface area contributed by atoms with Crippen LogP contribution in [0.4, 0.5) is 10.5 Å². The predicted octanol–water partition coefficient (Wildman–Crippen LogP) is 1.64. The van der Waals surface area contributed by atoms with Gasteiger partial charge in [0, 0.05) is 31.6 Å². The maximum Gasteiger partial charge on any atom is 0.322 e. The summed E-state index contributed by atoms with van der Waals surface area (Å²) in [4.78, 5) is 48.9. The van der Waals surface area contributed by atoms with E-state index in [0.717, 1.165) is 13.0 Å². The number of benzene rings is 1. The minimum Gasteiger partial charge on any atom is -0.496 e. The quantitative estimate of drug-likeness (QED) is 0.196. The largest absolute Gasteiger partial charge is 0.496 e. The van der Waals surface area contributed by atoms with Crippen molar-refractivity contribution in [3.63, 3.8) is 0 Å². The molecule has 0 radical (unpaired) electrons. The van der Waals surface area contributed by atoms with Gasteiger partial charge in [0.25, 0.3) is 5.91 Å². The third kappa shape index (κ3) is 4.76. The van der Waals surface area contributed by atoms with Crippen LogP contribution in [0.2, 0.25) is 0 Å². The first kappa shape index (κ1) is 22.5. The SMILES string of the molecule is COc1cc(OC)c([N+](=O)[O-])cc1C(=O)CCCCN1CCC2(CC1)NC(=O)NC2=O. The van der Waals surface area contributed by atoms with E-state index in [0.29, 0.717) is 32.4 Å². The number of hydrogen-bond donors (Lipinski definition) is 2. The summed E-state index contributed by atoms with van der Waals surface area (Å²) >= 11 is 0. The van der Waals surface area contributed by atoms with Crippen molar-refractivity contribution in [3.8, 4) is 11.5 Å². The van der Waals surface area contributed by atoms with Gasteiger partial charge in [0.15, 0.2) is 5.78 Å². The Bertz CT molecular complexity index is 894. The first-order chi connectivity index (χ1) is 14.8. The van der Waals surface area contributed by atoms with Crippen LogP contribution in [0.3, 0.4) is 0 Å². The molecular formula is C20H26N4O7. The summed E-state index contributed by atoms with van der Waals surface area (Å²) in [6.07, 6.45) is 2.71. The van der Waals surface area contributed by atoms with Gasteiger partial charge in [-0.15, -0.1) is 0 Å². The molecule has 0 aliphatic carbocycles. The lowest BCUT2D eigenvalue weighted by Gasteiger charge is -2.36. The number of hydrogen-bond acceptors (Lipinski definition) is 8. The van der Waals surface area contributed by atoms with E-state index in [2.05, 4.69) is 15.5 Å². The van der Waals surface area contributed by atoms with Gasteiger partial charge in [-0.05, 0) is 32.2 Å². The lowest BCUT2D eigenvalue weighted by molar-refractivity contribution is -0.385. The standard InChI is InChI=1S/C20H26N4O7/c1-30-16-12-17(31-2)14(24(28)29)11-13(16)15(25)5-3-4-8-23-9-6-20(7-10-23)18(26)21-19(27)22-20/h11-12H,3-10H2,1-2H3,(H2,21,22,26,27). The van der Waals surface area contributed by atoms with Crippen LogP contribution >= 0.6 is 0 Å². The van der Waals surface area contributed by atoms with E-state index >= 15 is 0 Å². The fourth-order valence-corrected chi connectivity index (χ4v) is 4.04. The van der Waals surface area contributed by atoms with E-state index in [1.165, 1.54) is 26.4 Å². The Morgan fingerprint density at radius 2 is 1.84 bits per heavy atom. The van der Waals surface area contributed by atoms with Gasteiger partial charge in [-0.2, -0.15) is 0 Å². The fraction of sp³-hybridized carbons (Fsp3) is 0.550. The van der Waals surface area contributed by atoms with Crippen molar-refractivity contribution in [3.05, 3.63) is 27.8 Å². The zero-order valence-corrected chi connectivity index (χ0v) is 17.6. The number of ether oxygens (including phenoxy) is 2. The molecule has 1 spiro atoms. The van der Waals surface area contributed by atoms with Crippen LogP contribution in [-0.4, -0.2) is 66.9 Å². The van der Waals surface area contributed by atoms with Crippen LogP contribution in [0.5, 0.6) is 11.5 Å². The number of nitrogens with one attached hydrogen (secondary N) is 2. The first-order valence-electron chi connectivity index (χ1n) is 10.1. The molecule has 2 aliphatic heterocycles. The molecule has 168 valence electrons. The molecule has 11 heteroatoms. The van der Waals surface area contributed by atoms with E-state index < -0.39 is 16.5 Å². The van der Waals surface area contributed by atoms with E-state index in [4.69, 9.17) is 9.47 Å². The number of rotatable bonds is 9. The van der Waals surface area contributed by atoms with E-state index in [1.54, 1.807) is 0 Å². The highest BCUT2D eigenvalue weighted by Crippen LogP contribution is 2.35. The van der Waals surface area contributed by atoms with Crippen molar-refractivity contribution in [1.82, 2.24) is 15.5 Å². The molecule has 1 aromatic rings. The Kier molecular flexibility index (Phi) is 6.74. The highest BCUT2D eigenvalue weighted by atomic mass is 16.6. The number of piperidine rings is 1. The Labute approximate surface area is 179 Å². The number of methoxy groups -OCH3 is 2. The third-order valence-electron chi connectivity index (χ3n) is 5.85. The summed E-state index contributed by atoms with van der Waals surface area (Å²) in [5, 5.41) is 16.3. The molecule has 3 rings (SSSR count). The summed E-state index contributed by atoms with van der Waals surface area (Å²) in [6, 6.07) is 2.11. The van der Waals surface area contributed by atoms with E-state index in [1.807, 2.05) is 0 Å². The summed E-state index contributed by atoms with van der Waals surface area (Å²) in [6.45, 7) is 2.12. The van der Waals surface area contributed by atoms with Gasteiger partial charge in [0.05, 0.1) is 24.7 Å². The second-order valence-electron chi connectivity index (χ2n) is 7.69. The molecule has 0 bridgehead atoms. The molecule has 2 N–H and O–H groups in total. The molecule has 0 unspecified atom stereocenters. The second-order valence-corrected chi connectivity index (χ2v) is 7.69. The number of ketones is 1. The highest BCUT2D eigenvalue weighted by Gasteiger charge is 2.47. The Morgan fingerprint density at radius 3 is 2.39 bits per heavy atom. The number of amides is 3. The number of imide groups is 1. The molecular weight excluding hydrogens is 408 g/mol. The lowest BCUT2D eigenvalue weighted by atomic mass is 9.87. The number of nitro groups is 1. The monoisotopic (exact) mass is 434 g/mol. The van der Waals surface area contributed by atoms with Gasteiger partial charge < -0.3 is 19.7 Å². The smallest absolute Gasteiger partial charge is 0.322 e. The fourth-order valence-electron chi connectivity index (χ4n) is 4.04. The summed E-state index contributed by atoms with van der Waals surface area (Å²) in [7, 11) is 2.71. The molecule has 31 heavy (non-hydrogen) atoms. The lowest BCUT2D eigenvalue weighted by Crippen LogP contribution is -2.54. The first-order valence-corrected chi connectivity index (χ1v) is 10.1. The van der Waals surface area contributed by atoms with Gasteiger partial charge in [-0.1, -0.05) is 0 Å². The maximum atomic E-state index is 12.6. The van der Waals surface area contributed by atoms with Gasteiger partial charge >= 0.3 is 11.7 Å². The average molecular weight is 434 g/mol. The predicted molar refractivity (Wildman–Crippen MR) is 109 cm³/mol. The van der Waals surface area contributed by atoms with Crippen molar-refractivity contribution >= 4 is 23.4 Å². The molecule has 0 atom stereocenters. The summed E-state index contributed by atoms with van der Waals surface area (Å²) in [5.74, 6) is -0.213. The molecule has 2 fully saturated rings. The van der Waals surface area contributed by atoms with Crippen LogP contribution in [0, 0.1) is 10.1 Å². The number of carbonyl (C=O) groups excluding carboxylic acids is 3. The number of nitro benzene ring substituents is 1. The Balaban J connectivity index is 1.50. The van der Waals surface area contributed by atoms with Crippen LogP contribution in [0.1, 0.15) is 42.5 Å². The number of nitrogens with zero attached hydrogens (tertiary/aromatic N) is 2. The zero-order chi connectivity index (χ0) is 22.6. The summed E-state index contributed by atoms with van der Waals surface area (Å²) in [5.41, 5.74) is -0.904. The number of carbonyl (C=O) groups is 3. The van der Waals surface area contributed by atoms with Gasteiger partial charge in [-0.3, -0.25) is 25.0 Å². The van der Waals surface area contributed by atoms with Crippen molar-refractivity contribution in [2.75, 3.05) is 33.9 Å². The van der Waals surface area contributed by atoms with Gasteiger partial charge in [0.1, 0.15) is 11.3 Å². The van der Waals surface area contributed by atoms with Crippen LogP contribution in [0.25, 0.3) is 0 Å². The molecule has 11 nitrogen and oxygen atoms in total. The molecule has 0 saturated carbocycles. The normalized spacial score (nSPS) is 17.9. The minimum atomic E-state index is -0.789. The van der Waals surface area contributed by atoms with E-state index in [9.17, 15) is 24.5 Å². The maximum absolute atomic E-state index is 12.6. The third-order valence-corrected chi connectivity index (χ3v) is 5.85. The van der Waals surface area contributed by atoms with Crippen LogP contribution in [0.15, 0.2) is 12.1 Å². The highest BCUT2D eigenvalue weighted by molar-refractivity contribution is 6.07. The summed E-state index contributed by atoms with van der Waals surface area (Å²) < 4.78 is 10.2. The van der Waals surface area contributed by atoms with Gasteiger partial charge in [-0.25, -0.2) is 4.79 Å². The van der Waals surface area contributed by atoms with Crippen LogP contribution < -0.4 is 20.1 Å². The van der Waals surface area contributed by atoms with Crippen LogP contribution in [-0.2, 0) is 4.79 Å². The zero-order valence-electron chi connectivity index (χ0n) is 17.6. The molecule has 0 aromatic heterocycles. The Hall–Kier alpha value is -3.21. The molecule has 2 saturated heterocycles. The molecule has 2 aliphatic rings. The number of unbranched alkanes of at least 4 members (excludes halogenated alkanes) is 1. The number of likely N-dealkylation sites (tertiary alicyclic amines) is 1. The number of urea groups is 1. The topological polar surface area (TPSA) is 140 Å². The van der Waals surface area contributed by atoms with Crippen molar-refractivity contribution in [2.45, 2.75) is 37.6 Å². The molecule has 2 heterocycles. The van der Waals surface area contributed by atoms with Crippen molar-refractivity contribution in [2.24, 2.45) is 0 Å².